The first kappa shape index (κ1) is 10.6. The Balaban J connectivity index is 2.10. The van der Waals surface area contributed by atoms with Crippen LogP contribution >= 0.6 is 0 Å². The summed E-state index contributed by atoms with van der Waals surface area (Å²) in [4.78, 5) is 20.6. The van der Waals surface area contributed by atoms with Gasteiger partial charge in [-0.3, -0.25) is 4.98 Å². The first-order chi connectivity index (χ1) is 8.76. The Labute approximate surface area is 102 Å². The van der Waals surface area contributed by atoms with Crippen molar-refractivity contribution in [3.05, 3.63) is 47.0 Å². The van der Waals surface area contributed by atoms with Crippen LogP contribution in [0.5, 0.6) is 5.75 Å². The second-order valence-corrected chi connectivity index (χ2v) is 3.93. The van der Waals surface area contributed by atoms with Crippen LogP contribution in [-0.2, 0) is 0 Å². The van der Waals surface area contributed by atoms with E-state index in [1.807, 2.05) is 30.3 Å². The van der Waals surface area contributed by atoms with Crippen molar-refractivity contribution in [1.82, 2.24) is 15.0 Å². The molecule has 0 unspecified atom stereocenters. The SMILES string of the molecule is COc1ccc(-c2cc3cnc(=O)[nH]c3[nH]2)cc1. The first-order valence-electron chi connectivity index (χ1n) is 5.49. The Morgan fingerprint density at radius 3 is 2.67 bits per heavy atom. The van der Waals surface area contributed by atoms with Gasteiger partial charge in [-0.25, -0.2) is 9.78 Å². The van der Waals surface area contributed by atoms with Crippen molar-refractivity contribution in [1.29, 1.82) is 0 Å². The Morgan fingerprint density at radius 2 is 1.94 bits per heavy atom. The van der Waals surface area contributed by atoms with Gasteiger partial charge in [-0.1, -0.05) is 0 Å². The van der Waals surface area contributed by atoms with Crippen LogP contribution in [0.1, 0.15) is 0 Å². The van der Waals surface area contributed by atoms with Crippen LogP contribution in [0, 0.1) is 0 Å². The van der Waals surface area contributed by atoms with E-state index in [1.165, 1.54) is 0 Å². The highest BCUT2D eigenvalue weighted by Gasteiger charge is 2.04. The number of hydrogen-bond acceptors (Lipinski definition) is 3. The summed E-state index contributed by atoms with van der Waals surface area (Å²) in [6, 6.07) is 9.63. The summed E-state index contributed by atoms with van der Waals surface area (Å²) < 4.78 is 5.11. The maximum absolute atomic E-state index is 11.1. The molecular formula is C13H11N3O2. The minimum Gasteiger partial charge on any atom is -0.497 e. The lowest BCUT2D eigenvalue weighted by atomic mass is 10.1. The fourth-order valence-electron chi connectivity index (χ4n) is 1.87. The zero-order valence-electron chi connectivity index (χ0n) is 9.73. The number of nitrogens with zero attached hydrogens (tertiary/aromatic N) is 1. The summed E-state index contributed by atoms with van der Waals surface area (Å²) in [5, 5.41) is 0.875. The minimum atomic E-state index is -0.356. The third kappa shape index (κ3) is 1.75. The number of benzene rings is 1. The van der Waals surface area contributed by atoms with Gasteiger partial charge in [0.15, 0.2) is 0 Å². The number of hydrogen-bond donors (Lipinski definition) is 2. The predicted molar refractivity (Wildman–Crippen MR) is 68.7 cm³/mol. The van der Waals surface area contributed by atoms with Crippen molar-refractivity contribution in [2.75, 3.05) is 7.11 Å². The highest BCUT2D eigenvalue weighted by Crippen LogP contribution is 2.24. The molecule has 2 heterocycles. The van der Waals surface area contributed by atoms with Crippen LogP contribution in [-0.4, -0.2) is 22.1 Å². The predicted octanol–water partition coefficient (Wildman–Crippen LogP) is 1.93. The van der Waals surface area contributed by atoms with Crippen LogP contribution < -0.4 is 10.4 Å². The lowest BCUT2D eigenvalue weighted by molar-refractivity contribution is 0.415. The lowest BCUT2D eigenvalue weighted by Gasteiger charge is -2.00. The van der Waals surface area contributed by atoms with Crippen LogP contribution in [0.15, 0.2) is 41.3 Å². The molecule has 0 aliphatic heterocycles. The van der Waals surface area contributed by atoms with Gasteiger partial charge in [0, 0.05) is 17.3 Å². The summed E-state index contributed by atoms with van der Waals surface area (Å²) in [6.07, 6.45) is 1.55. The number of ether oxygens (including phenoxy) is 1. The molecular weight excluding hydrogens is 230 g/mol. The quantitative estimate of drug-likeness (QED) is 0.720. The zero-order chi connectivity index (χ0) is 12.5. The van der Waals surface area contributed by atoms with Gasteiger partial charge in [0.2, 0.25) is 0 Å². The molecule has 18 heavy (non-hydrogen) atoms. The third-order valence-electron chi connectivity index (χ3n) is 2.80. The van der Waals surface area contributed by atoms with Crippen molar-refractivity contribution in [3.8, 4) is 17.0 Å². The van der Waals surface area contributed by atoms with Crippen LogP contribution in [0.3, 0.4) is 0 Å². The van der Waals surface area contributed by atoms with E-state index >= 15 is 0 Å². The Morgan fingerprint density at radius 1 is 1.17 bits per heavy atom. The summed E-state index contributed by atoms with van der Waals surface area (Å²) in [7, 11) is 1.63. The highest BCUT2D eigenvalue weighted by atomic mass is 16.5. The second-order valence-electron chi connectivity index (χ2n) is 3.93. The topological polar surface area (TPSA) is 70.8 Å². The van der Waals surface area contributed by atoms with Crippen molar-refractivity contribution >= 4 is 11.0 Å². The molecule has 3 aromatic rings. The molecule has 0 fully saturated rings. The molecule has 0 amide bonds. The Bertz CT molecular complexity index is 741. The normalized spacial score (nSPS) is 10.7. The van der Waals surface area contributed by atoms with Crippen molar-refractivity contribution in [2.24, 2.45) is 0 Å². The lowest BCUT2D eigenvalue weighted by Crippen LogP contribution is -2.07. The largest absolute Gasteiger partial charge is 0.497 e. The van der Waals surface area contributed by atoms with E-state index in [0.717, 1.165) is 22.4 Å². The van der Waals surface area contributed by atoms with Crippen molar-refractivity contribution in [3.63, 3.8) is 0 Å². The molecule has 1 aromatic carbocycles. The van der Waals surface area contributed by atoms with Gasteiger partial charge in [0.25, 0.3) is 0 Å². The van der Waals surface area contributed by atoms with Gasteiger partial charge in [-0.05, 0) is 35.9 Å². The fourth-order valence-corrected chi connectivity index (χ4v) is 1.87. The highest BCUT2D eigenvalue weighted by molar-refractivity contribution is 5.82. The molecule has 3 rings (SSSR count). The van der Waals surface area contributed by atoms with Gasteiger partial charge in [0.05, 0.1) is 7.11 Å². The standard InChI is InChI=1S/C13H11N3O2/c1-18-10-4-2-8(3-5-10)11-6-9-7-14-13(17)16-12(9)15-11/h2-7H,1H3,(H2,14,15,16,17). The number of H-pyrrole nitrogens is 2. The van der Waals surface area contributed by atoms with Crippen LogP contribution in [0.2, 0.25) is 0 Å². The van der Waals surface area contributed by atoms with E-state index in [2.05, 4.69) is 15.0 Å². The van der Waals surface area contributed by atoms with E-state index in [9.17, 15) is 4.79 Å². The van der Waals surface area contributed by atoms with E-state index in [4.69, 9.17) is 4.74 Å². The number of aromatic nitrogens is 3. The summed E-state index contributed by atoms with van der Waals surface area (Å²) in [5.74, 6) is 0.810. The molecule has 5 heteroatoms. The number of rotatable bonds is 2. The van der Waals surface area contributed by atoms with E-state index in [-0.39, 0.29) is 5.69 Å². The summed E-state index contributed by atoms with van der Waals surface area (Å²) in [6.45, 7) is 0. The second kappa shape index (κ2) is 4.03. The number of methoxy groups -OCH3 is 1. The zero-order valence-corrected chi connectivity index (χ0v) is 9.73. The van der Waals surface area contributed by atoms with Gasteiger partial charge in [-0.15, -0.1) is 0 Å². The average Bonchev–Trinajstić information content (AvgIpc) is 2.81. The molecule has 0 bridgehead atoms. The molecule has 2 aromatic heterocycles. The molecule has 5 nitrogen and oxygen atoms in total. The molecule has 0 saturated heterocycles. The maximum Gasteiger partial charge on any atom is 0.346 e. The van der Waals surface area contributed by atoms with E-state index in [0.29, 0.717) is 5.65 Å². The van der Waals surface area contributed by atoms with E-state index < -0.39 is 0 Å². The van der Waals surface area contributed by atoms with Gasteiger partial charge in [0.1, 0.15) is 11.4 Å². The number of nitrogens with one attached hydrogen (secondary N) is 2. The van der Waals surface area contributed by atoms with Crippen molar-refractivity contribution in [2.45, 2.75) is 0 Å². The molecule has 0 aliphatic carbocycles. The number of fused-ring (bicyclic) bond motifs is 1. The molecule has 0 atom stereocenters. The third-order valence-corrected chi connectivity index (χ3v) is 2.80. The minimum absolute atomic E-state index is 0.356. The molecule has 0 saturated carbocycles. The summed E-state index contributed by atoms with van der Waals surface area (Å²) in [5.41, 5.74) is 2.27. The van der Waals surface area contributed by atoms with E-state index in [1.54, 1.807) is 13.3 Å². The van der Waals surface area contributed by atoms with Crippen LogP contribution in [0.25, 0.3) is 22.3 Å². The first-order valence-corrected chi connectivity index (χ1v) is 5.49. The average molecular weight is 241 g/mol. The Hall–Kier alpha value is -2.56. The smallest absolute Gasteiger partial charge is 0.346 e. The van der Waals surface area contributed by atoms with Crippen LogP contribution in [0.4, 0.5) is 0 Å². The van der Waals surface area contributed by atoms with Gasteiger partial charge >= 0.3 is 5.69 Å². The molecule has 90 valence electrons. The molecule has 2 N–H and O–H groups in total. The summed E-state index contributed by atoms with van der Waals surface area (Å²) >= 11 is 0. The molecule has 0 radical (unpaired) electrons. The molecule has 0 aliphatic rings. The Kier molecular flexibility index (Phi) is 2.37. The molecule has 0 spiro atoms. The maximum atomic E-state index is 11.1. The number of aromatic amines is 2. The van der Waals surface area contributed by atoms with Crippen molar-refractivity contribution < 1.29 is 4.74 Å². The van der Waals surface area contributed by atoms with Gasteiger partial charge < -0.3 is 9.72 Å². The van der Waals surface area contributed by atoms with Gasteiger partial charge in [-0.2, -0.15) is 0 Å². The monoisotopic (exact) mass is 241 g/mol. The fraction of sp³-hybridized carbons (Fsp3) is 0.0769.